The molecule has 1 aliphatic rings. The van der Waals surface area contributed by atoms with Crippen molar-refractivity contribution in [3.8, 4) is 6.07 Å². The molecule has 0 aliphatic heterocycles. The summed E-state index contributed by atoms with van der Waals surface area (Å²) in [6.45, 7) is 0.0735. The van der Waals surface area contributed by atoms with Crippen LogP contribution in [0.4, 0.5) is 4.39 Å². The lowest BCUT2D eigenvalue weighted by molar-refractivity contribution is 0.410. The number of halogens is 3. The molecule has 0 radical (unpaired) electrons. The van der Waals surface area contributed by atoms with Crippen molar-refractivity contribution in [3.63, 3.8) is 0 Å². The van der Waals surface area contributed by atoms with Gasteiger partial charge in [0.2, 0.25) is 10.0 Å². The van der Waals surface area contributed by atoms with E-state index in [0.717, 1.165) is 18.9 Å². The summed E-state index contributed by atoms with van der Waals surface area (Å²) in [6, 6.07) is 4.11. The topological polar surface area (TPSA) is 61.2 Å². The van der Waals surface area contributed by atoms with E-state index in [-0.39, 0.29) is 28.9 Å². The van der Waals surface area contributed by atoms with Gasteiger partial charge in [-0.2, -0.15) is 9.57 Å². The van der Waals surface area contributed by atoms with E-state index < -0.39 is 20.9 Å². The van der Waals surface area contributed by atoms with Crippen LogP contribution < -0.4 is 0 Å². The van der Waals surface area contributed by atoms with Crippen molar-refractivity contribution in [1.82, 2.24) is 4.31 Å². The highest BCUT2D eigenvalue weighted by Crippen LogP contribution is 2.36. The largest absolute Gasteiger partial charge is 0.244 e. The van der Waals surface area contributed by atoms with Crippen LogP contribution in [-0.4, -0.2) is 25.3 Å². The molecule has 1 fully saturated rings. The fourth-order valence-corrected chi connectivity index (χ4v) is 4.26. The lowest BCUT2D eigenvalue weighted by Crippen LogP contribution is -2.34. The third-order valence-electron chi connectivity index (χ3n) is 2.98. The predicted molar refractivity (Wildman–Crippen MR) is 73.6 cm³/mol. The molecule has 0 N–H and O–H groups in total. The van der Waals surface area contributed by atoms with E-state index in [1.165, 1.54) is 10.4 Å². The first-order chi connectivity index (χ1) is 9.39. The van der Waals surface area contributed by atoms with Gasteiger partial charge >= 0.3 is 0 Å². The molecular formula is C12H11Cl2FN2O2S. The van der Waals surface area contributed by atoms with Gasteiger partial charge in [0.1, 0.15) is 4.90 Å². The average molecular weight is 337 g/mol. The maximum absolute atomic E-state index is 13.7. The van der Waals surface area contributed by atoms with Crippen LogP contribution in [0.1, 0.15) is 19.3 Å². The third-order valence-corrected chi connectivity index (χ3v) is 5.75. The molecule has 0 amide bonds. The third kappa shape index (κ3) is 2.91. The lowest BCUT2D eigenvalue weighted by Gasteiger charge is -2.21. The number of hydrogen-bond acceptors (Lipinski definition) is 3. The van der Waals surface area contributed by atoms with Gasteiger partial charge in [-0.05, 0) is 25.0 Å². The number of hydrogen-bond donors (Lipinski definition) is 0. The zero-order chi connectivity index (χ0) is 14.9. The van der Waals surface area contributed by atoms with Crippen molar-refractivity contribution < 1.29 is 12.8 Å². The fraction of sp³-hybridized carbons (Fsp3) is 0.417. The van der Waals surface area contributed by atoms with Crippen LogP contribution in [0, 0.1) is 17.1 Å². The molecule has 0 aromatic heterocycles. The molecule has 108 valence electrons. The highest BCUT2D eigenvalue weighted by atomic mass is 35.5. The fourth-order valence-electron chi connectivity index (χ4n) is 1.86. The van der Waals surface area contributed by atoms with Crippen molar-refractivity contribution in [2.45, 2.75) is 30.2 Å². The molecule has 20 heavy (non-hydrogen) atoms. The Morgan fingerprint density at radius 3 is 2.60 bits per heavy atom. The van der Waals surface area contributed by atoms with Gasteiger partial charge in [-0.25, -0.2) is 12.8 Å². The van der Waals surface area contributed by atoms with Gasteiger partial charge in [0.15, 0.2) is 5.82 Å². The normalized spacial score (nSPS) is 15.3. The predicted octanol–water partition coefficient (Wildman–Crippen LogP) is 3.20. The Hall–Kier alpha value is -0.870. The summed E-state index contributed by atoms with van der Waals surface area (Å²) in [5, 5.41) is 7.87. The Balaban J connectivity index is 2.43. The molecule has 1 aromatic carbocycles. The highest BCUT2D eigenvalue weighted by Gasteiger charge is 2.39. The first-order valence-electron chi connectivity index (χ1n) is 5.92. The van der Waals surface area contributed by atoms with Gasteiger partial charge in [-0.3, -0.25) is 0 Å². The smallest absolute Gasteiger partial charge is 0.207 e. The van der Waals surface area contributed by atoms with Crippen LogP contribution in [0.15, 0.2) is 17.0 Å². The summed E-state index contributed by atoms with van der Waals surface area (Å²) >= 11 is 11.3. The first kappa shape index (κ1) is 15.5. The Morgan fingerprint density at radius 2 is 2.05 bits per heavy atom. The van der Waals surface area contributed by atoms with E-state index in [0.29, 0.717) is 0 Å². The van der Waals surface area contributed by atoms with Crippen LogP contribution in [0.5, 0.6) is 0 Å². The molecule has 4 nitrogen and oxygen atoms in total. The monoisotopic (exact) mass is 336 g/mol. The minimum absolute atomic E-state index is 0.0728. The second kappa shape index (κ2) is 5.86. The summed E-state index contributed by atoms with van der Waals surface area (Å²) < 4.78 is 39.9. The van der Waals surface area contributed by atoms with Gasteiger partial charge in [-0.1, -0.05) is 23.2 Å². The quantitative estimate of drug-likeness (QED) is 0.775. The van der Waals surface area contributed by atoms with Crippen LogP contribution in [0.3, 0.4) is 0 Å². The molecule has 1 aromatic rings. The van der Waals surface area contributed by atoms with E-state index in [1.54, 1.807) is 0 Å². The molecule has 0 heterocycles. The minimum Gasteiger partial charge on any atom is -0.207 e. The molecule has 0 saturated heterocycles. The summed E-state index contributed by atoms with van der Waals surface area (Å²) in [6.07, 6.45) is 1.54. The van der Waals surface area contributed by atoms with Crippen LogP contribution in [-0.2, 0) is 10.0 Å². The number of sulfonamides is 1. The first-order valence-corrected chi connectivity index (χ1v) is 8.11. The molecule has 1 aliphatic carbocycles. The van der Waals surface area contributed by atoms with Gasteiger partial charge in [-0.15, -0.1) is 0 Å². The van der Waals surface area contributed by atoms with Gasteiger partial charge in [0.25, 0.3) is 0 Å². The Morgan fingerprint density at radius 1 is 1.40 bits per heavy atom. The lowest BCUT2D eigenvalue weighted by atomic mass is 10.3. The molecule has 1 saturated carbocycles. The Kier molecular flexibility index (Phi) is 4.55. The molecule has 2 rings (SSSR count). The van der Waals surface area contributed by atoms with Crippen LogP contribution in [0.25, 0.3) is 0 Å². The molecular weight excluding hydrogens is 326 g/mol. The number of rotatable bonds is 5. The molecule has 0 bridgehead atoms. The zero-order valence-corrected chi connectivity index (χ0v) is 12.6. The SMILES string of the molecule is N#CCCN(C1CC1)S(=O)(=O)c1ccc(Cl)c(F)c1Cl. The van der Waals surface area contributed by atoms with Crippen LogP contribution >= 0.6 is 23.2 Å². The maximum atomic E-state index is 13.7. The summed E-state index contributed by atoms with van der Waals surface area (Å²) in [4.78, 5) is -0.314. The number of nitriles is 1. The standard InChI is InChI=1S/C12H11Cl2FN2O2S/c13-9-4-5-10(11(14)12(9)15)20(18,19)17(7-1-6-16)8-2-3-8/h4-5,8H,1-3,7H2. The van der Waals surface area contributed by atoms with Crippen LogP contribution in [0.2, 0.25) is 10.0 Å². The summed E-state index contributed by atoms with van der Waals surface area (Å²) in [5.74, 6) is -0.953. The maximum Gasteiger partial charge on any atom is 0.244 e. The van der Waals surface area contributed by atoms with Gasteiger partial charge < -0.3 is 0 Å². The zero-order valence-electron chi connectivity index (χ0n) is 10.3. The van der Waals surface area contributed by atoms with E-state index in [2.05, 4.69) is 0 Å². The Bertz CT molecular complexity index is 669. The summed E-state index contributed by atoms with van der Waals surface area (Å²) in [5.41, 5.74) is 0. The second-order valence-electron chi connectivity index (χ2n) is 4.43. The minimum atomic E-state index is -3.93. The van der Waals surface area contributed by atoms with Crippen molar-refractivity contribution in [2.24, 2.45) is 0 Å². The van der Waals surface area contributed by atoms with Gasteiger partial charge in [0, 0.05) is 19.0 Å². The summed E-state index contributed by atoms with van der Waals surface area (Å²) in [7, 11) is -3.93. The van der Waals surface area contributed by atoms with Gasteiger partial charge in [0.05, 0.1) is 16.1 Å². The van der Waals surface area contributed by atoms with Crippen molar-refractivity contribution in [2.75, 3.05) is 6.54 Å². The molecule has 0 atom stereocenters. The van der Waals surface area contributed by atoms with Crippen molar-refractivity contribution in [3.05, 3.63) is 28.0 Å². The molecule has 0 unspecified atom stereocenters. The van der Waals surface area contributed by atoms with Crippen molar-refractivity contribution in [1.29, 1.82) is 5.26 Å². The Labute approximate surface area is 126 Å². The number of benzene rings is 1. The second-order valence-corrected chi connectivity index (χ2v) is 7.07. The number of nitrogens with zero attached hydrogens (tertiary/aromatic N) is 2. The molecule has 0 spiro atoms. The van der Waals surface area contributed by atoms with E-state index >= 15 is 0 Å². The molecule has 8 heteroatoms. The van der Waals surface area contributed by atoms with E-state index in [1.807, 2.05) is 6.07 Å². The van der Waals surface area contributed by atoms with E-state index in [4.69, 9.17) is 28.5 Å². The van der Waals surface area contributed by atoms with Crippen molar-refractivity contribution >= 4 is 33.2 Å². The average Bonchev–Trinajstić information content (AvgIpc) is 3.20. The highest BCUT2D eigenvalue weighted by molar-refractivity contribution is 7.89. The van der Waals surface area contributed by atoms with E-state index in [9.17, 15) is 12.8 Å².